The molecule has 1 saturated heterocycles. The summed E-state index contributed by atoms with van der Waals surface area (Å²) in [5, 5.41) is 12.9. The molecule has 1 amide bonds. The van der Waals surface area contributed by atoms with E-state index < -0.39 is 36.1 Å². The third-order valence-corrected chi connectivity index (χ3v) is 7.55. The fraction of sp³-hybridized carbons (Fsp3) is 0.406. The lowest BCUT2D eigenvalue weighted by atomic mass is 9.80. The molecule has 44 heavy (non-hydrogen) atoms. The molecule has 1 aliphatic rings. The number of aromatic hydroxyl groups is 1. The number of alkyl halides is 3. The van der Waals surface area contributed by atoms with Gasteiger partial charge in [-0.3, -0.25) is 4.79 Å². The van der Waals surface area contributed by atoms with Crippen molar-refractivity contribution in [3.05, 3.63) is 83.7 Å². The van der Waals surface area contributed by atoms with Crippen LogP contribution in [0.4, 0.5) is 13.2 Å². The molecule has 1 fully saturated rings. The van der Waals surface area contributed by atoms with Crippen LogP contribution in [0.5, 0.6) is 17.2 Å². The molecular weight excluding hydrogens is 581 g/mol. The second kappa shape index (κ2) is 14.9. The highest BCUT2D eigenvalue weighted by Crippen LogP contribution is 2.31. The maximum Gasteiger partial charge on any atom is 0.573 e. The molecule has 9 nitrogen and oxygen atoms in total. The maximum absolute atomic E-state index is 13.2. The van der Waals surface area contributed by atoms with Crippen LogP contribution in [0.25, 0.3) is 0 Å². The van der Waals surface area contributed by atoms with E-state index in [1.54, 1.807) is 19.1 Å². The summed E-state index contributed by atoms with van der Waals surface area (Å²) in [7, 11) is 1.33. The number of carbonyl (C=O) groups excluding carboxylic acids is 2. The van der Waals surface area contributed by atoms with Gasteiger partial charge in [-0.05, 0) is 61.8 Å². The van der Waals surface area contributed by atoms with Gasteiger partial charge in [-0.25, -0.2) is 9.78 Å². The van der Waals surface area contributed by atoms with Crippen LogP contribution >= 0.6 is 0 Å². The Hall–Kier alpha value is -4.32. The molecule has 0 radical (unpaired) electrons. The van der Waals surface area contributed by atoms with E-state index in [0.29, 0.717) is 6.42 Å². The standard InChI is InChI=1S/C32H35F3N2O7/c1-20-25(17-22-11-13-24(14-12-22)44-32(33,34)35)23(10-6-9-21-7-4-3-5-8-21)18-42-19-26(31(40)43-20)37-30(39)28-29(38)27(41-2)15-16-36-28/h3-5,7-8,11-16,20,23,25-26,38H,6,9-10,17-19H2,1-2H3,(H,37,39)/t20-,23-,25-,26-/m0/s1. The van der Waals surface area contributed by atoms with Crippen molar-refractivity contribution in [2.24, 2.45) is 11.8 Å². The van der Waals surface area contributed by atoms with Crippen LogP contribution in [-0.4, -0.2) is 60.8 Å². The van der Waals surface area contributed by atoms with Gasteiger partial charge < -0.3 is 29.4 Å². The number of hydrogen-bond acceptors (Lipinski definition) is 8. The first-order chi connectivity index (χ1) is 21.0. The van der Waals surface area contributed by atoms with E-state index in [9.17, 15) is 27.9 Å². The Balaban J connectivity index is 1.51. The number of cyclic esters (lactones) is 1. The number of carbonyl (C=O) groups is 2. The van der Waals surface area contributed by atoms with Crippen molar-refractivity contribution < 1.29 is 46.8 Å². The number of aryl methyl sites for hydroxylation is 1. The van der Waals surface area contributed by atoms with Gasteiger partial charge in [0.25, 0.3) is 5.91 Å². The summed E-state index contributed by atoms with van der Waals surface area (Å²) in [6.07, 6.45) is -1.34. The predicted octanol–water partition coefficient (Wildman–Crippen LogP) is 5.25. The summed E-state index contributed by atoms with van der Waals surface area (Å²) >= 11 is 0. The lowest BCUT2D eigenvalue weighted by Gasteiger charge is -2.31. The van der Waals surface area contributed by atoms with Crippen molar-refractivity contribution in [2.45, 2.75) is 51.1 Å². The molecule has 2 aromatic carbocycles. The van der Waals surface area contributed by atoms with E-state index in [2.05, 4.69) is 15.0 Å². The molecule has 0 bridgehead atoms. The molecule has 12 heteroatoms. The highest BCUT2D eigenvalue weighted by atomic mass is 19.4. The Morgan fingerprint density at radius 1 is 1.07 bits per heavy atom. The van der Waals surface area contributed by atoms with Gasteiger partial charge in [0.05, 0.1) is 13.7 Å². The molecule has 0 saturated carbocycles. The minimum atomic E-state index is -4.80. The first-order valence-electron chi connectivity index (χ1n) is 14.2. The average Bonchev–Trinajstić information content (AvgIpc) is 3.03. The molecule has 0 unspecified atom stereocenters. The number of pyridine rings is 1. The number of ether oxygens (including phenoxy) is 4. The number of rotatable bonds is 10. The van der Waals surface area contributed by atoms with Gasteiger partial charge in [-0.1, -0.05) is 42.5 Å². The van der Waals surface area contributed by atoms with E-state index in [-0.39, 0.29) is 42.2 Å². The third-order valence-electron chi connectivity index (χ3n) is 7.55. The average molecular weight is 617 g/mol. The second-order valence-corrected chi connectivity index (χ2v) is 10.6. The Bertz CT molecular complexity index is 1390. The monoisotopic (exact) mass is 616 g/mol. The molecule has 0 spiro atoms. The Morgan fingerprint density at radius 3 is 2.48 bits per heavy atom. The normalized spacial score (nSPS) is 20.9. The van der Waals surface area contributed by atoms with Crippen LogP contribution < -0.4 is 14.8 Å². The number of benzene rings is 2. The number of amides is 1. The van der Waals surface area contributed by atoms with Crippen LogP contribution in [-0.2, 0) is 27.1 Å². The number of halogens is 3. The topological polar surface area (TPSA) is 116 Å². The van der Waals surface area contributed by atoms with Gasteiger partial charge in [-0.15, -0.1) is 13.2 Å². The SMILES string of the molecule is COc1ccnc(C(=O)N[C@H]2COC[C@H](CCCc3ccccc3)[C@@H](Cc3ccc(OC(F)(F)F)cc3)[C@H](C)OC2=O)c1O. The highest BCUT2D eigenvalue weighted by molar-refractivity contribution is 5.98. The summed E-state index contributed by atoms with van der Waals surface area (Å²) in [5.41, 5.74) is 1.61. The quantitative estimate of drug-likeness (QED) is 0.297. The van der Waals surface area contributed by atoms with Crippen molar-refractivity contribution in [2.75, 3.05) is 20.3 Å². The summed E-state index contributed by atoms with van der Waals surface area (Å²) in [4.78, 5) is 30.1. The van der Waals surface area contributed by atoms with Gasteiger partial charge in [-0.2, -0.15) is 0 Å². The Morgan fingerprint density at radius 2 is 1.80 bits per heavy atom. The van der Waals surface area contributed by atoms with E-state index in [1.807, 2.05) is 30.3 Å². The van der Waals surface area contributed by atoms with E-state index in [0.717, 1.165) is 24.8 Å². The van der Waals surface area contributed by atoms with Gasteiger partial charge in [0, 0.05) is 24.8 Å². The zero-order chi connectivity index (χ0) is 31.7. The molecule has 4 rings (SSSR count). The molecule has 4 atom stereocenters. The maximum atomic E-state index is 13.2. The molecular formula is C32H35F3N2O7. The molecule has 0 aliphatic carbocycles. The lowest BCUT2D eigenvalue weighted by molar-refractivity contribution is -0.274. The number of hydrogen-bond donors (Lipinski definition) is 2. The van der Waals surface area contributed by atoms with Gasteiger partial charge in [0.2, 0.25) is 0 Å². The smallest absolute Gasteiger partial charge is 0.503 e. The van der Waals surface area contributed by atoms with E-state index >= 15 is 0 Å². The van der Waals surface area contributed by atoms with E-state index in [1.165, 1.54) is 37.1 Å². The highest BCUT2D eigenvalue weighted by Gasteiger charge is 2.35. The van der Waals surface area contributed by atoms with Crippen molar-refractivity contribution >= 4 is 11.9 Å². The van der Waals surface area contributed by atoms with Crippen molar-refractivity contribution in [3.63, 3.8) is 0 Å². The third kappa shape index (κ3) is 9.09. The van der Waals surface area contributed by atoms with E-state index in [4.69, 9.17) is 14.2 Å². The van der Waals surface area contributed by atoms with Crippen LogP contribution in [0.15, 0.2) is 66.9 Å². The minimum Gasteiger partial charge on any atom is -0.503 e. The van der Waals surface area contributed by atoms with Crippen molar-refractivity contribution in [1.29, 1.82) is 0 Å². The second-order valence-electron chi connectivity index (χ2n) is 10.6. The van der Waals surface area contributed by atoms with Gasteiger partial charge in [0.1, 0.15) is 11.9 Å². The largest absolute Gasteiger partial charge is 0.573 e. The molecule has 1 aliphatic heterocycles. The Labute approximate surface area is 253 Å². The molecule has 236 valence electrons. The summed E-state index contributed by atoms with van der Waals surface area (Å²) in [5.74, 6) is -2.61. The summed E-state index contributed by atoms with van der Waals surface area (Å²) in [6, 6.07) is 15.8. The number of nitrogens with one attached hydrogen (secondary N) is 1. The number of methoxy groups -OCH3 is 1. The molecule has 1 aromatic heterocycles. The van der Waals surface area contributed by atoms with Crippen LogP contribution in [0, 0.1) is 11.8 Å². The van der Waals surface area contributed by atoms with Gasteiger partial charge in [0.15, 0.2) is 23.2 Å². The van der Waals surface area contributed by atoms with Crippen molar-refractivity contribution in [3.8, 4) is 17.2 Å². The number of aromatic nitrogens is 1. The fourth-order valence-corrected chi connectivity index (χ4v) is 5.30. The first kappa shape index (κ1) is 32.6. The lowest BCUT2D eigenvalue weighted by Crippen LogP contribution is -2.46. The molecule has 2 heterocycles. The predicted molar refractivity (Wildman–Crippen MR) is 153 cm³/mol. The first-order valence-corrected chi connectivity index (χ1v) is 14.2. The number of esters is 1. The van der Waals surface area contributed by atoms with Crippen LogP contribution in [0.3, 0.4) is 0 Å². The van der Waals surface area contributed by atoms with Crippen LogP contribution in [0.1, 0.15) is 41.4 Å². The van der Waals surface area contributed by atoms with Gasteiger partial charge >= 0.3 is 12.3 Å². The number of nitrogens with zero attached hydrogens (tertiary/aromatic N) is 1. The zero-order valence-corrected chi connectivity index (χ0v) is 24.4. The molecule has 3 aromatic rings. The van der Waals surface area contributed by atoms with Crippen LogP contribution in [0.2, 0.25) is 0 Å². The fourth-order valence-electron chi connectivity index (χ4n) is 5.30. The van der Waals surface area contributed by atoms with Crippen molar-refractivity contribution in [1.82, 2.24) is 10.3 Å². The Kier molecular flexibility index (Phi) is 11.0. The summed E-state index contributed by atoms with van der Waals surface area (Å²) < 4.78 is 58.8. The molecule has 2 N–H and O–H groups in total. The minimum absolute atomic E-state index is 0.0475. The summed E-state index contributed by atoms with van der Waals surface area (Å²) in [6.45, 7) is 1.84. The zero-order valence-electron chi connectivity index (χ0n) is 24.4.